The zero-order valence-corrected chi connectivity index (χ0v) is 14.8. The SMILES string of the molecule is NCC(=O)NCC(=O)NCC1(c2cccc(Br)c2)CCCCC1. The molecule has 126 valence electrons. The molecular formula is C17H24BrN3O2. The second kappa shape index (κ2) is 8.45. The molecule has 0 atom stereocenters. The molecule has 0 bridgehead atoms. The molecule has 4 N–H and O–H groups in total. The van der Waals surface area contributed by atoms with Gasteiger partial charge >= 0.3 is 0 Å². The lowest BCUT2D eigenvalue weighted by molar-refractivity contribution is -0.125. The molecule has 6 heteroatoms. The first kappa shape index (κ1) is 17.9. The molecule has 0 aliphatic heterocycles. The molecule has 23 heavy (non-hydrogen) atoms. The molecule has 1 fully saturated rings. The van der Waals surface area contributed by atoms with E-state index in [-0.39, 0.29) is 30.3 Å². The first-order valence-electron chi connectivity index (χ1n) is 8.05. The maximum Gasteiger partial charge on any atom is 0.239 e. The van der Waals surface area contributed by atoms with Crippen LogP contribution in [0.5, 0.6) is 0 Å². The highest BCUT2D eigenvalue weighted by Crippen LogP contribution is 2.39. The molecule has 0 radical (unpaired) electrons. The Kier molecular flexibility index (Phi) is 6.59. The summed E-state index contributed by atoms with van der Waals surface area (Å²) in [6, 6.07) is 8.34. The number of nitrogens with one attached hydrogen (secondary N) is 2. The van der Waals surface area contributed by atoms with Gasteiger partial charge in [0, 0.05) is 16.4 Å². The molecule has 1 aromatic rings. The van der Waals surface area contributed by atoms with Crippen LogP contribution in [0.15, 0.2) is 28.7 Å². The van der Waals surface area contributed by atoms with E-state index in [0.29, 0.717) is 6.54 Å². The van der Waals surface area contributed by atoms with Gasteiger partial charge in [-0.05, 0) is 30.5 Å². The van der Waals surface area contributed by atoms with Gasteiger partial charge in [-0.15, -0.1) is 0 Å². The molecule has 1 aromatic carbocycles. The summed E-state index contributed by atoms with van der Waals surface area (Å²) in [5, 5.41) is 5.48. The Morgan fingerprint density at radius 2 is 1.87 bits per heavy atom. The van der Waals surface area contributed by atoms with E-state index in [2.05, 4.69) is 38.7 Å². The Morgan fingerprint density at radius 3 is 2.52 bits per heavy atom. The molecule has 2 amide bonds. The fourth-order valence-electron chi connectivity index (χ4n) is 3.20. The predicted octanol–water partition coefficient (Wildman–Crippen LogP) is 1.84. The third-order valence-electron chi connectivity index (χ3n) is 4.50. The molecule has 1 aliphatic rings. The minimum atomic E-state index is -0.320. The summed E-state index contributed by atoms with van der Waals surface area (Å²) in [4.78, 5) is 23.1. The molecule has 1 saturated carbocycles. The van der Waals surface area contributed by atoms with Crippen LogP contribution in [0.1, 0.15) is 37.7 Å². The normalized spacial score (nSPS) is 16.6. The molecule has 1 aliphatic carbocycles. The van der Waals surface area contributed by atoms with E-state index in [0.717, 1.165) is 17.3 Å². The highest BCUT2D eigenvalue weighted by molar-refractivity contribution is 9.10. The Hall–Kier alpha value is -1.40. The Morgan fingerprint density at radius 1 is 1.13 bits per heavy atom. The number of hydrogen-bond acceptors (Lipinski definition) is 3. The van der Waals surface area contributed by atoms with Crippen LogP contribution in [-0.4, -0.2) is 31.4 Å². The molecule has 0 heterocycles. The van der Waals surface area contributed by atoms with Crippen LogP contribution in [0.3, 0.4) is 0 Å². The summed E-state index contributed by atoms with van der Waals surface area (Å²) >= 11 is 3.54. The lowest BCUT2D eigenvalue weighted by atomic mass is 9.69. The predicted molar refractivity (Wildman–Crippen MR) is 94.0 cm³/mol. The highest BCUT2D eigenvalue weighted by Gasteiger charge is 2.34. The van der Waals surface area contributed by atoms with Crippen molar-refractivity contribution in [2.24, 2.45) is 5.73 Å². The van der Waals surface area contributed by atoms with Gasteiger partial charge in [0.1, 0.15) is 0 Å². The van der Waals surface area contributed by atoms with Crippen molar-refractivity contribution in [2.75, 3.05) is 19.6 Å². The van der Waals surface area contributed by atoms with Crippen molar-refractivity contribution in [3.8, 4) is 0 Å². The van der Waals surface area contributed by atoms with Crippen molar-refractivity contribution in [1.82, 2.24) is 10.6 Å². The van der Waals surface area contributed by atoms with Crippen molar-refractivity contribution < 1.29 is 9.59 Å². The number of benzene rings is 1. The van der Waals surface area contributed by atoms with Crippen LogP contribution in [-0.2, 0) is 15.0 Å². The van der Waals surface area contributed by atoms with E-state index >= 15 is 0 Å². The maximum absolute atomic E-state index is 12.0. The minimum absolute atomic E-state index is 0.0183. The van der Waals surface area contributed by atoms with Crippen LogP contribution in [0.2, 0.25) is 0 Å². The van der Waals surface area contributed by atoms with Gasteiger partial charge in [-0.25, -0.2) is 0 Å². The summed E-state index contributed by atoms with van der Waals surface area (Å²) in [6.45, 7) is 0.473. The van der Waals surface area contributed by atoms with Gasteiger partial charge in [0.05, 0.1) is 13.1 Å². The Balaban J connectivity index is 2.02. The van der Waals surface area contributed by atoms with E-state index < -0.39 is 0 Å². The summed E-state index contributed by atoms with van der Waals surface area (Å²) in [5.41, 5.74) is 6.46. The smallest absolute Gasteiger partial charge is 0.239 e. The van der Waals surface area contributed by atoms with Gasteiger partial charge < -0.3 is 16.4 Å². The van der Waals surface area contributed by atoms with E-state index in [9.17, 15) is 9.59 Å². The van der Waals surface area contributed by atoms with Crippen molar-refractivity contribution in [3.63, 3.8) is 0 Å². The summed E-state index contributed by atoms with van der Waals surface area (Å²) in [7, 11) is 0. The van der Waals surface area contributed by atoms with Crippen LogP contribution in [0.25, 0.3) is 0 Å². The van der Waals surface area contributed by atoms with Gasteiger partial charge in [-0.1, -0.05) is 47.3 Å². The van der Waals surface area contributed by atoms with Gasteiger partial charge in [-0.2, -0.15) is 0 Å². The average molecular weight is 382 g/mol. The van der Waals surface area contributed by atoms with Gasteiger partial charge in [0.15, 0.2) is 0 Å². The number of rotatable bonds is 6. The standard InChI is InChI=1S/C17H24BrN3O2/c18-14-6-4-5-13(9-14)17(7-2-1-3-8-17)12-21-16(23)11-20-15(22)10-19/h4-6,9H,1-3,7-8,10-12,19H2,(H,20,22)(H,21,23). The van der Waals surface area contributed by atoms with Crippen molar-refractivity contribution in [3.05, 3.63) is 34.3 Å². The van der Waals surface area contributed by atoms with Crippen LogP contribution in [0, 0.1) is 0 Å². The van der Waals surface area contributed by atoms with Gasteiger partial charge in [0.25, 0.3) is 0 Å². The van der Waals surface area contributed by atoms with E-state index in [1.165, 1.54) is 24.8 Å². The van der Waals surface area contributed by atoms with Crippen molar-refractivity contribution >= 4 is 27.7 Å². The maximum atomic E-state index is 12.0. The molecule has 5 nitrogen and oxygen atoms in total. The van der Waals surface area contributed by atoms with E-state index in [4.69, 9.17) is 5.73 Å². The van der Waals surface area contributed by atoms with E-state index in [1.807, 2.05) is 12.1 Å². The number of amides is 2. The fourth-order valence-corrected chi connectivity index (χ4v) is 3.59. The van der Waals surface area contributed by atoms with Crippen molar-refractivity contribution in [2.45, 2.75) is 37.5 Å². The lowest BCUT2D eigenvalue weighted by Crippen LogP contribution is -2.46. The first-order valence-corrected chi connectivity index (χ1v) is 8.84. The Bertz CT molecular complexity index is 557. The minimum Gasteiger partial charge on any atom is -0.354 e. The van der Waals surface area contributed by atoms with Crippen LogP contribution >= 0.6 is 15.9 Å². The lowest BCUT2D eigenvalue weighted by Gasteiger charge is -2.38. The monoisotopic (exact) mass is 381 g/mol. The fraction of sp³-hybridized carbons (Fsp3) is 0.529. The second-order valence-corrected chi connectivity index (χ2v) is 7.02. The second-order valence-electron chi connectivity index (χ2n) is 6.11. The van der Waals surface area contributed by atoms with Gasteiger partial charge in [-0.3, -0.25) is 9.59 Å². The van der Waals surface area contributed by atoms with Crippen molar-refractivity contribution in [1.29, 1.82) is 0 Å². The number of carbonyl (C=O) groups excluding carboxylic acids is 2. The molecule has 0 unspecified atom stereocenters. The summed E-state index contributed by atoms with van der Waals surface area (Å²) < 4.78 is 1.06. The number of carbonyl (C=O) groups is 2. The summed E-state index contributed by atoms with van der Waals surface area (Å²) in [5.74, 6) is -0.494. The van der Waals surface area contributed by atoms with Crippen LogP contribution < -0.4 is 16.4 Å². The zero-order valence-electron chi connectivity index (χ0n) is 13.2. The topological polar surface area (TPSA) is 84.2 Å². The number of halogens is 1. The largest absolute Gasteiger partial charge is 0.354 e. The van der Waals surface area contributed by atoms with E-state index in [1.54, 1.807) is 0 Å². The molecule has 0 aromatic heterocycles. The van der Waals surface area contributed by atoms with Gasteiger partial charge in [0.2, 0.25) is 11.8 Å². The third kappa shape index (κ3) is 5.04. The number of hydrogen-bond donors (Lipinski definition) is 3. The highest BCUT2D eigenvalue weighted by atomic mass is 79.9. The zero-order chi connectivity index (χ0) is 16.7. The first-order chi connectivity index (χ1) is 11.1. The number of nitrogens with two attached hydrogens (primary N) is 1. The molecular weight excluding hydrogens is 358 g/mol. The Labute approximate surface area is 145 Å². The van der Waals surface area contributed by atoms with Crippen LogP contribution in [0.4, 0.5) is 0 Å². The quantitative estimate of drug-likeness (QED) is 0.702. The average Bonchev–Trinajstić information content (AvgIpc) is 2.58. The molecule has 0 saturated heterocycles. The molecule has 0 spiro atoms. The third-order valence-corrected chi connectivity index (χ3v) is 5.00. The summed E-state index contributed by atoms with van der Waals surface area (Å²) in [6.07, 6.45) is 5.73. The molecule has 2 rings (SSSR count).